The van der Waals surface area contributed by atoms with Gasteiger partial charge in [0.15, 0.2) is 0 Å². The molecule has 0 saturated carbocycles. The average Bonchev–Trinajstić information content (AvgIpc) is 2.51. The second-order valence-corrected chi connectivity index (χ2v) is 5.63. The van der Waals surface area contributed by atoms with Gasteiger partial charge < -0.3 is 14.9 Å². The van der Waals surface area contributed by atoms with Crippen LogP contribution in [0, 0.1) is 0 Å². The van der Waals surface area contributed by atoms with Crippen molar-refractivity contribution in [2.24, 2.45) is 0 Å². The molecule has 2 rings (SSSR count). The van der Waals surface area contributed by atoms with E-state index in [1.807, 2.05) is 42.5 Å². The number of ether oxygens (including phenoxy) is 1. The lowest BCUT2D eigenvalue weighted by atomic mass is 9.88. The lowest BCUT2D eigenvalue weighted by molar-refractivity contribution is -0.141. The van der Waals surface area contributed by atoms with Gasteiger partial charge in [0.1, 0.15) is 5.60 Å². The largest absolute Gasteiger partial charge is 0.481 e. The van der Waals surface area contributed by atoms with Crippen LogP contribution in [-0.4, -0.2) is 34.4 Å². The minimum absolute atomic E-state index is 0.116. The van der Waals surface area contributed by atoms with Crippen LogP contribution >= 0.6 is 0 Å². The average molecular weight is 328 g/mol. The monoisotopic (exact) mass is 328 g/mol. The van der Waals surface area contributed by atoms with E-state index in [0.717, 1.165) is 5.56 Å². The van der Waals surface area contributed by atoms with E-state index in [1.54, 1.807) is 18.2 Å². The zero-order chi connectivity index (χ0) is 17.4. The van der Waals surface area contributed by atoms with Crippen LogP contribution in [0.1, 0.15) is 24.8 Å². The van der Waals surface area contributed by atoms with Crippen LogP contribution in [-0.2, 0) is 14.3 Å². The fraction of sp³-hybridized carbons (Fsp3) is 0.263. The van der Waals surface area contributed by atoms with E-state index in [1.165, 1.54) is 0 Å². The summed E-state index contributed by atoms with van der Waals surface area (Å²) in [6.07, 6.45) is 8.93. The molecule has 126 valence electrons. The van der Waals surface area contributed by atoms with E-state index >= 15 is 0 Å². The maximum absolute atomic E-state index is 11.2. The molecule has 0 saturated heterocycles. The Labute approximate surface area is 140 Å². The molecule has 1 atom stereocenters. The van der Waals surface area contributed by atoms with Crippen molar-refractivity contribution in [1.29, 1.82) is 0 Å². The lowest BCUT2D eigenvalue weighted by Crippen LogP contribution is -2.33. The predicted octanol–water partition coefficient (Wildman–Crippen LogP) is 3.29. The van der Waals surface area contributed by atoms with Gasteiger partial charge in [-0.2, -0.15) is 0 Å². The van der Waals surface area contributed by atoms with Gasteiger partial charge in [0.25, 0.3) is 0 Å². The molecule has 5 nitrogen and oxygen atoms in total. The maximum Gasteiger partial charge on any atom is 0.307 e. The van der Waals surface area contributed by atoms with Crippen molar-refractivity contribution in [3.8, 4) is 0 Å². The van der Waals surface area contributed by atoms with Crippen LogP contribution < -0.4 is 0 Å². The Kier molecular flexibility index (Phi) is 6.09. The van der Waals surface area contributed by atoms with Crippen molar-refractivity contribution in [2.45, 2.75) is 24.9 Å². The minimum atomic E-state index is -1.10. The normalized spacial score (nSPS) is 20.1. The Bertz CT molecular complexity index is 672. The SMILES string of the molecule is O=C(O)CC1=CC(CC(=O)O)(OC/C=C/c2ccccc2)C=CC1. The van der Waals surface area contributed by atoms with E-state index in [9.17, 15) is 9.59 Å². The number of aliphatic carboxylic acids is 2. The molecule has 1 aliphatic rings. The quantitative estimate of drug-likeness (QED) is 0.715. The summed E-state index contributed by atoms with van der Waals surface area (Å²) >= 11 is 0. The van der Waals surface area contributed by atoms with E-state index in [2.05, 4.69) is 0 Å². The predicted molar refractivity (Wildman–Crippen MR) is 90.5 cm³/mol. The molecule has 0 fully saturated rings. The number of benzene rings is 1. The van der Waals surface area contributed by atoms with Crippen molar-refractivity contribution in [2.75, 3.05) is 6.61 Å². The summed E-state index contributed by atoms with van der Waals surface area (Å²) in [6.45, 7) is 0.226. The number of allylic oxidation sites excluding steroid dienone is 1. The summed E-state index contributed by atoms with van der Waals surface area (Å²) in [5.41, 5.74) is 0.573. The third-order valence-electron chi connectivity index (χ3n) is 3.59. The molecule has 1 aromatic rings. The fourth-order valence-electron chi connectivity index (χ4n) is 2.62. The van der Waals surface area contributed by atoms with Crippen LogP contribution in [0.25, 0.3) is 6.08 Å². The van der Waals surface area contributed by atoms with Gasteiger partial charge >= 0.3 is 11.9 Å². The molecule has 0 aromatic heterocycles. The molecule has 0 heterocycles. The lowest BCUT2D eigenvalue weighted by Gasteiger charge is -2.29. The highest BCUT2D eigenvalue weighted by Gasteiger charge is 2.31. The molecule has 2 N–H and O–H groups in total. The highest BCUT2D eigenvalue weighted by atomic mass is 16.5. The van der Waals surface area contributed by atoms with E-state index in [-0.39, 0.29) is 19.4 Å². The zero-order valence-corrected chi connectivity index (χ0v) is 13.2. The van der Waals surface area contributed by atoms with Crippen molar-refractivity contribution in [1.82, 2.24) is 0 Å². The third-order valence-corrected chi connectivity index (χ3v) is 3.59. The standard InChI is InChI=1S/C19H20O5/c20-17(21)12-16-8-4-10-19(13-16,14-18(22)23)24-11-5-9-15-6-2-1-3-7-15/h1-7,9-10,13H,8,11-12,14H2,(H,20,21)(H,22,23)/b9-5+. The Balaban J connectivity index is 2.07. The maximum atomic E-state index is 11.2. The first kappa shape index (κ1) is 17.7. The van der Waals surface area contributed by atoms with Gasteiger partial charge in [-0.05, 0) is 18.1 Å². The molecular formula is C19H20O5. The van der Waals surface area contributed by atoms with Crippen LogP contribution in [0.15, 0.2) is 60.2 Å². The Morgan fingerprint density at radius 1 is 1.17 bits per heavy atom. The molecule has 0 amide bonds. The van der Waals surface area contributed by atoms with Crippen LogP contribution in [0.4, 0.5) is 0 Å². The van der Waals surface area contributed by atoms with Gasteiger partial charge in [-0.15, -0.1) is 0 Å². The number of rotatable bonds is 8. The molecular weight excluding hydrogens is 308 g/mol. The number of hydrogen-bond donors (Lipinski definition) is 2. The van der Waals surface area contributed by atoms with Crippen LogP contribution in [0.3, 0.4) is 0 Å². The molecule has 24 heavy (non-hydrogen) atoms. The second kappa shape index (κ2) is 8.26. The van der Waals surface area contributed by atoms with E-state index in [0.29, 0.717) is 12.0 Å². The number of carbonyl (C=O) groups is 2. The summed E-state index contributed by atoms with van der Waals surface area (Å²) in [7, 11) is 0. The third kappa shape index (κ3) is 5.52. The summed E-state index contributed by atoms with van der Waals surface area (Å²) in [5, 5.41) is 18.1. The van der Waals surface area contributed by atoms with Crippen molar-refractivity contribution in [3.05, 3.63) is 65.8 Å². The Morgan fingerprint density at radius 2 is 1.92 bits per heavy atom. The van der Waals surface area contributed by atoms with Crippen LogP contribution in [0.5, 0.6) is 0 Å². The molecule has 0 radical (unpaired) electrons. The number of carboxylic acid groups (broad SMARTS) is 2. The first-order chi connectivity index (χ1) is 11.5. The highest BCUT2D eigenvalue weighted by molar-refractivity contribution is 5.72. The summed E-state index contributed by atoms with van der Waals surface area (Å²) in [5.74, 6) is -1.94. The smallest absolute Gasteiger partial charge is 0.307 e. The molecule has 1 aliphatic carbocycles. The summed E-state index contributed by atoms with van der Waals surface area (Å²) in [6, 6.07) is 9.69. The molecule has 0 aliphatic heterocycles. The topological polar surface area (TPSA) is 83.8 Å². The van der Waals surface area contributed by atoms with Crippen molar-refractivity contribution >= 4 is 18.0 Å². The minimum Gasteiger partial charge on any atom is -0.481 e. The molecule has 1 aromatic carbocycles. The molecule has 1 unspecified atom stereocenters. The summed E-state index contributed by atoms with van der Waals surface area (Å²) < 4.78 is 5.79. The van der Waals surface area contributed by atoms with Gasteiger partial charge in [-0.3, -0.25) is 9.59 Å². The highest BCUT2D eigenvalue weighted by Crippen LogP contribution is 2.29. The van der Waals surface area contributed by atoms with Gasteiger partial charge in [-0.25, -0.2) is 0 Å². The fourth-order valence-corrected chi connectivity index (χ4v) is 2.62. The Morgan fingerprint density at radius 3 is 2.58 bits per heavy atom. The van der Waals surface area contributed by atoms with Crippen molar-refractivity contribution in [3.63, 3.8) is 0 Å². The first-order valence-corrected chi connectivity index (χ1v) is 7.66. The zero-order valence-electron chi connectivity index (χ0n) is 13.2. The molecule has 5 heteroatoms. The molecule has 0 bridgehead atoms. The molecule has 0 spiro atoms. The number of hydrogen-bond acceptors (Lipinski definition) is 3. The van der Waals surface area contributed by atoms with E-state index < -0.39 is 17.5 Å². The van der Waals surface area contributed by atoms with Gasteiger partial charge in [-0.1, -0.05) is 60.2 Å². The number of carboxylic acids is 2. The second-order valence-electron chi connectivity index (χ2n) is 5.63. The summed E-state index contributed by atoms with van der Waals surface area (Å²) in [4.78, 5) is 22.1. The van der Waals surface area contributed by atoms with Crippen LogP contribution in [0.2, 0.25) is 0 Å². The van der Waals surface area contributed by atoms with Crippen molar-refractivity contribution < 1.29 is 24.5 Å². The van der Waals surface area contributed by atoms with Gasteiger partial charge in [0, 0.05) is 0 Å². The first-order valence-electron chi connectivity index (χ1n) is 7.66. The van der Waals surface area contributed by atoms with Gasteiger partial charge in [0.05, 0.1) is 19.4 Å². The van der Waals surface area contributed by atoms with E-state index in [4.69, 9.17) is 14.9 Å². The Hall–Kier alpha value is -2.66. The van der Waals surface area contributed by atoms with Gasteiger partial charge in [0.2, 0.25) is 0 Å².